The fourth-order valence-electron chi connectivity index (χ4n) is 1.84. The molecule has 1 amide bonds. The van der Waals surface area contributed by atoms with Gasteiger partial charge in [-0.15, -0.1) is 0 Å². The second-order valence-electron chi connectivity index (χ2n) is 4.63. The van der Waals surface area contributed by atoms with Gasteiger partial charge in [-0.05, 0) is 31.0 Å². The van der Waals surface area contributed by atoms with E-state index in [4.69, 9.17) is 11.5 Å². The quantitative estimate of drug-likeness (QED) is 0.728. The maximum absolute atomic E-state index is 12.6. The van der Waals surface area contributed by atoms with Crippen LogP contribution >= 0.6 is 0 Å². The smallest absolute Gasteiger partial charge is 0.243 e. The van der Waals surface area contributed by atoms with Gasteiger partial charge in [0.25, 0.3) is 0 Å². The molecule has 0 bridgehead atoms. The number of rotatable bonds is 7. The molecule has 0 aromatic heterocycles. The van der Waals surface area contributed by atoms with E-state index >= 15 is 0 Å². The Morgan fingerprint density at radius 2 is 2.00 bits per heavy atom. The number of unbranched alkanes of at least 4 members (excludes halogenated alkanes) is 1. The first-order valence-electron chi connectivity index (χ1n) is 6.44. The second-order valence-corrected chi connectivity index (χ2v) is 6.54. The number of hydrogen-bond donors (Lipinski definition) is 2. The average Bonchev–Trinajstić information content (AvgIpc) is 2.37. The second kappa shape index (κ2) is 6.71. The van der Waals surface area contributed by atoms with Gasteiger partial charge < -0.3 is 11.5 Å². The van der Waals surface area contributed by atoms with Crippen LogP contribution in [-0.2, 0) is 14.8 Å². The first kappa shape index (κ1) is 16.5. The molecule has 112 valence electrons. The van der Waals surface area contributed by atoms with Crippen LogP contribution in [-0.4, -0.2) is 31.7 Å². The Bertz CT molecular complexity index is 585. The summed E-state index contributed by atoms with van der Waals surface area (Å²) >= 11 is 0. The van der Waals surface area contributed by atoms with E-state index in [1.807, 2.05) is 6.92 Å². The van der Waals surface area contributed by atoms with Crippen LogP contribution in [0.4, 0.5) is 5.69 Å². The van der Waals surface area contributed by atoms with E-state index in [9.17, 15) is 13.2 Å². The molecule has 0 atom stereocenters. The number of sulfonamides is 1. The molecule has 0 aliphatic rings. The van der Waals surface area contributed by atoms with Crippen molar-refractivity contribution in [3.63, 3.8) is 0 Å². The van der Waals surface area contributed by atoms with Gasteiger partial charge in [0.05, 0.1) is 11.4 Å². The highest BCUT2D eigenvalue weighted by Crippen LogP contribution is 2.24. The molecule has 4 N–H and O–H groups in total. The number of nitrogen functional groups attached to an aromatic ring is 1. The third-order valence-corrected chi connectivity index (χ3v) is 5.03. The lowest BCUT2D eigenvalue weighted by Gasteiger charge is -2.22. The molecule has 20 heavy (non-hydrogen) atoms. The predicted octanol–water partition coefficient (Wildman–Crippen LogP) is 0.853. The van der Waals surface area contributed by atoms with Crippen molar-refractivity contribution >= 4 is 21.6 Å². The van der Waals surface area contributed by atoms with Gasteiger partial charge in [-0.1, -0.05) is 19.4 Å². The van der Waals surface area contributed by atoms with Gasteiger partial charge in [-0.25, -0.2) is 8.42 Å². The van der Waals surface area contributed by atoms with Gasteiger partial charge in [-0.3, -0.25) is 4.79 Å². The number of nitrogens with zero attached hydrogens (tertiary/aromatic N) is 1. The summed E-state index contributed by atoms with van der Waals surface area (Å²) in [5, 5.41) is 0. The highest BCUT2D eigenvalue weighted by atomic mass is 32.2. The van der Waals surface area contributed by atoms with Crippen LogP contribution in [0.1, 0.15) is 25.3 Å². The molecule has 0 aliphatic heterocycles. The first-order chi connectivity index (χ1) is 9.30. The van der Waals surface area contributed by atoms with Crippen LogP contribution in [0.3, 0.4) is 0 Å². The lowest BCUT2D eigenvalue weighted by molar-refractivity contribution is -0.118. The number of carbonyl (C=O) groups excluding carboxylic acids is 1. The lowest BCUT2D eigenvalue weighted by Crippen LogP contribution is -2.39. The number of anilines is 1. The maximum Gasteiger partial charge on any atom is 0.243 e. The van der Waals surface area contributed by atoms with Gasteiger partial charge in [0.2, 0.25) is 15.9 Å². The van der Waals surface area contributed by atoms with Crippen LogP contribution in [0.5, 0.6) is 0 Å². The van der Waals surface area contributed by atoms with Crippen LogP contribution in [0, 0.1) is 6.92 Å². The zero-order chi connectivity index (χ0) is 15.3. The number of benzene rings is 1. The Hall–Kier alpha value is -1.60. The summed E-state index contributed by atoms with van der Waals surface area (Å²) < 4.78 is 26.3. The van der Waals surface area contributed by atoms with E-state index in [0.29, 0.717) is 17.7 Å². The van der Waals surface area contributed by atoms with E-state index < -0.39 is 15.9 Å². The topological polar surface area (TPSA) is 106 Å². The van der Waals surface area contributed by atoms with Crippen LogP contribution in [0.25, 0.3) is 0 Å². The summed E-state index contributed by atoms with van der Waals surface area (Å²) in [5.74, 6) is -0.675. The number of carbonyl (C=O) groups is 1. The van der Waals surface area contributed by atoms with Crippen molar-refractivity contribution < 1.29 is 13.2 Å². The predicted molar refractivity (Wildman–Crippen MR) is 78.5 cm³/mol. The molecule has 1 aromatic rings. The summed E-state index contributed by atoms with van der Waals surface area (Å²) in [5.41, 5.74) is 11.8. The normalized spacial score (nSPS) is 11.8. The molecule has 1 aromatic carbocycles. The minimum absolute atomic E-state index is 0.120. The summed E-state index contributed by atoms with van der Waals surface area (Å²) in [6, 6.07) is 4.71. The summed E-state index contributed by atoms with van der Waals surface area (Å²) in [6.45, 7) is 3.53. The third kappa shape index (κ3) is 3.71. The highest BCUT2D eigenvalue weighted by Gasteiger charge is 2.27. The molecule has 0 aliphatic carbocycles. The van der Waals surface area contributed by atoms with Crippen molar-refractivity contribution in [2.24, 2.45) is 5.73 Å². The Labute approximate surface area is 119 Å². The molecule has 0 saturated heterocycles. The van der Waals surface area contributed by atoms with Crippen molar-refractivity contribution in [2.45, 2.75) is 31.6 Å². The van der Waals surface area contributed by atoms with Crippen molar-refractivity contribution in [1.82, 2.24) is 4.31 Å². The molecule has 0 spiro atoms. The fraction of sp³-hybridized carbons (Fsp3) is 0.462. The van der Waals surface area contributed by atoms with Crippen molar-refractivity contribution in [1.29, 1.82) is 0 Å². The van der Waals surface area contributed by atoms with Crippen LogP contribution in [0.15, 0.2) is 23.1 Å². The molecule has 0 radical (unpaired) electrons. The Morgan fingerprint density at radius 3 is 2.55 bits per heavy atom. The van der Waals surface area contributed by atoms with E-state index in [-0.39, 0.29) is 18.0 Å². The summed E-state index contributed by atoms with van der Waals surface area (Å²) in [4.78, 5) is 11.2. The Balaban J connectivity index is 3.21. The Morgan fingerprint density at radius 1 is 1.35 bits per heavy atom. The zero-order valence-electron chi connectivity index (χ0n) is 11.8. The number of nitrogens with two attached hydrogens (primary N) is 2. The van der Waals surface area contributed by atoms with Gasteiger partial charge in [-0.2, -0.15) is 4.31 Å². The van der Waals surface area contributed by atoms with Crippen molar-refractivity contribution in [2.75, 3.05) is 18.8 Å². The number of hydrogen-bond acceptors (Lipinski definition) is 4. The molecule has 1 rings (SSSR count). The van der Waals surface area contributed by atoms with E-state index in [1.165, 1.54) is 6.07 Å². The minimum Gasteiger partial charge on any atom is -0.398 e. The van der Waals surface area contributed by atoms with E-state index in [0.717, 1.165) is 10.7 Å². The van der Waals surface area contributed by atoms with Crippen LogP contribution < -0.4 is 11.5 Å². The average molecular weight is 299 g/mol. The Kier molecular flexibility index (Phi) is 5.52. The first-order valence-corrected chi connectivity index (χ1v) is 7.88. The molecule has 0 unspecified atom stereocenters. The highest BCUT2D eigenvalue weighted by molar-refractivity contribution is 7.89. The van der Waals surface area contributed by atoms with E-state index in [2.05, 4.69) is 0 Å². The standard InChI is InChI=1S/C13H21N3O3S/c1-3-4-8-16(9-13(15)17)20(18,19)12-7-5-6-11(14)10(12)2/h5-7H,3-4,8-9,14H2,1-2H3,(H2,15,17). The molecule has 0 heterocycles. The summed E-state index contributed by atoms with van der Waals surface area (Å²) in [7, 11) is -3.77. The SMILES string of the molecule is CCCCN(CC(N)=O)S(=O)(=O)c1cccc(N)c1C. The maximum atomic E-state index is 12.6. The molecule has 7 heteroatoms. The number of amides is 1. The molecular formula is C13H21N3O3S. The fourth-order valence-corrected chi connectivity index (χ4v) is 3.54. The third-order valence-electron chi connectivity index (χ3n) is 3.04. The molecule has 6 nitrogen and oxygen atoms in total. The van der Waals surface area contributed by atoms with Crippen molar-refractivity contribution in [3.8, 4) is 0 Å². The van der Waals surface area contributed by atoms with E-state index in [1.54, 1.807) is 19.1 Å². The van der Waals surface area contributed by atoms with Crippen LogP contribution in [0.2, 0.25) is 0 Å². The molecule has 0 saturated carbocycles. The zero-order valence-corrected chi connectivity index (χ0v) is 12.6. The lowest BCUT2D eigenvalue weighted by atomic mass is 10.2. The summed E-state index contributed by atoms with van der Waals surface area (Å²) in [6.07, 6.45) is 1.48. The number of primary amides is 1. The van der Waals surface area contributed by atoms with Gasteiger partial charge in [0.1, 0.15) is 0 Å². The molecular weight excluding hydrogens is 278 g/mol. The van der Waals surface area contributed by atoms with Gasteiger partial charge >= 0.3 is 0 Å². The largest absolute Gasteiger partial charge is 0.398 e. The monoisotopic (exact) mass is 299 g/mol. The molecule has 0 fully saturated rings. The van der Waals surface area contributed by atoms with Gasteiger partial charge in [0.15, 0.2) is 0 Å². The van der Waals surface area contributed by atoms with Gasteiger partial charge in [0, 0.05) is 12.2 Å². The minimum atomic E-state index is -3.77. The van der Waals surface area contributed by atoms with Crippen molar-refractivity contribution in [3.05, 3.63) is 23.8 Å².